The van der Waals surface area contributed by atoms with E-state index in [0.717, 1.165) is 5.52 Å². The van der Waals surface area contributed by atoms with Crippen molar-refractivity contribution < 1.29 is 14.3 Å². The summed E-state index contributed by atoms with van der Waals surface area (Å²) in [5.41, 5.74) is 1.14. The van der Waals surface area contributed by atoms with E-state index in [-0.39, 0.29) is 12.5 Å². The highest BCUT2D eigenvalue weighted by molar-refractivity contribution is 5.87. The molecule has 1 saturated heterocycles. The Morgan fingerprint density at radius 3 is 3.05 bits per heavy atom. The van der Waals surface area contributed by atoms with Crippen molar-refractivity contribution in [3.8, 4) is 0 Å². The number of aromatic nitrogens is 1. The minimum absolute atomic E-state index is 0.0944. The van der Waals surface area contributed by atoms with Gasteiger partial charge in [-0.2, -0.15) is 0 Å². The maximum absolute atomic E-state index is 11.8. The van der Waals surface area contributed by atoms with E-state index in [1.54, 1.807) is 0 Å². The summed E-state index contributed by atoms with van der Waals surface area (Å²) in [4.78, 5) is 22.6. The van der Waals surface area contributed by atoms with Crippen molar-refractivity contribution in [3.05, 3.63) is 36.5 Å². The molecule has 1 fully saturated rings. The third-order valence-corrected chi connectivity index (χ3v) is 3.32. The number of nitrogens with zero attached hydrogens (tertiary/aromatic N) is 1. The molecule has 0 unspecified atom stereocenters. The minimum atomic E-state index is -0.580. The molecule has 2 N–H and O–H groups in total. The maximum Gasteiger partial charge on any atom is 0.407 e. The van der Waals surface area contributed by atoms with E-state index in [9.17, 15) is 9.59 Å². The van der Waals surface area contributed by atoms with Crippen LogP contribution in [-0.2, 0) is 16.1 Å². The Labute approximate surface area is 115 Å². The molecule has 1 aromatic heterocycles. The summed E-state index contributed by atoms with van der Waals surface area (Å²) in [6.07, 6.45) is 1.46. The number of hydrogen-bond donors (Lipinski definition) is 2. The molecule has 6 heteroatoms. The number of fused-ring (bicyclic) bond motifs is 1. The number of carbonyl (C=O) groups excluding carboxylic acids is 2. The van der Waals surface area contributed by atoms with Crippen LogP contribution in [0.15, 0.2) is 36.5 Å². The van der Waals surface area contributed by atoms with Gasteiger partial charge < -0.3 is 19.9 Å². The molecule has 2 aromatic rings. The topological polar surface area (TPSA) is 72.4 Å². The van der Waals surface area contributed by atoms with Crippen LogP contribution in [0.25, 0.3) is 10.9 Å². The van der Waals surface area contributed by atoms with Crippen LogP contribution in [0.3, 0.4) is 0 Å². The van der Waals surface area contributed by atoms with Crippen molar-refractivity contribution in [1.82, 2.24) is 15.2 Å². The van der Waals surface area contributed by atoms with Gasteiger partial charge in [0.15, 0.2) is 0 Å². The van der Waals surface area contributed by atoms with E-state index in [1.807, 2.05) is 30.5 Å². The molecule has 1 aromatic carbocycles. The summed E-state index contributed by atoms with van der Waals surface area (Å²) in [7, 11) is 0. The van der Waals surface area contributed by atoms with E-state index in [2.05, 4.69) is 26.0 Å². The number of alkyl carbamates (subject to hydrolysis) is 1. The highest BCUT2D eigenvalue weighted by Gasteiger charge is 2.28. The highest BCUT2D eigenvalue weighted by Crippen LogP contribution is 2.14. The van der Waals surface area contributed by atoms with Gasteiger partial charge in [0.1, 0.15) is 12.6 Å². The standard InChI is InChI=1S/C14H15N3O3/c18-13(11-9-20-14(19)16-11)15-6-8-17-7-5-10-3-1-2-4-12(10)17/h1-5,7,11H,6,8-9H2,(H,15,18)(H,16,19)/t11-/m0/s1. The SMILES string of the molecule is O=C1N[C@H](C(=O)NCCn2ccc3ccccc32)CO1. The largest absolute Gasteiger partial charge is 0.447 e. The zero-order valence-electron chi connectivity index (χ0n) is 10.8. The molecule has 20 heavy (non-hydrogen) atoms. The van der Waals surface area contributed by atoms with Crippen LogP contribution in [0.5, 0.6) is 0 Å². The lowest BCUT2D eigenvalue weighted by Crippen LogP contribution is -2.43. The van der Waals surface area contributed by atoms with Gasteiger partial charge >= 0.3 is 6.09 Å². The first-order valence-corrected chi connectivity index (χ1v) is 6.49. The second kappa shape index (κ2) is 5.24. The summed E-state index contributed by atoms with van der Waals surface area (Å²) in [6.45, 7) is 1.28. The van der Waals surface area contributed by atoms with Gasteiger partial charge in [-0.05, 0) is 17.5 Å². The molecule has 6 nitrogen and oxygen atoms in total. The minimum Gasteiger partial charge on any atom is -0.447 e. The average molecular weight is 273 g/mol. The monoisotopic (exact) mass is 273 g/mol. The zero-order valence-corrected chi connectivity index (χ0v) is 10.8. The number of para-hydroxylation sites is 1. The summed E-state index contributed by atoms with van der Waals surface area (Å²) in [5.74, 6) is -0.215. The molecule has 0 radical (unpaired) electrons. The lowest BCUT2D eigenvalue weighted by Gasteiger charge is -2.10. The van der Waals surface area contributed by atoms with Crippen LogP contribution in [0.2, 0.25) is 0 Å². The van der Waals surface area contributed by atoms with Crippen LogP contribution >= 0.6 is 0 Å². The molecule has 104 valence electrons. The number of hydrogen-bond acceptors (Lipinski definition) is 3. The molecule has 1 atom stereocenters. The number of amides is 2. The van der Waals surface area contributed by atoms with Gasteiger partial charge in [0.2, 0.25) is 5.91 Å². The van der Waals surface area contributed by atoms with Crippen LogP contribution in [0, 0.1) is 0 Å². The van der Waals surface area contributed by atoms with Gasteiger partial charge in [-0.25, -0.2) is 4.79 Å². The lowest BCUT2D eigenvalue weighted by atomic mass is 10.2. The fourth-order valence-corrected chi connectivity index (χ4v) is 2.28. The van der Waals surface area contributed by atoms with Gasteiger partial charge in [-0.1, -0.05) is 18.2 Å². The first kappa shape index (κ1) is 12.5. The van der Waals surface area contributed by atoms with Gasteiger partial charge in [-0.15, -0.1) is 0 Å². The normalized spacial score (nSPS) is 17.8. The van der Waals surface area contributed by atoms with Crippen molar-refractivity contribution in [2.24, 2.45) is 0 Å². The Morgan fingerprint density at radius 2 is 2.25 bits per heavy atom. The highest BCUT2D eigenvalue weighted by atomic mass is 16.6. The fourth-order valence-electron chi connectivity index (χ4n) is 2.28. The number of carbonyl (C=O) groups is 2. The predicted molar refractivity (Wildman–Crippen MR) is 73.2 cm³/mol. The molecule has 0 aliphatic carbocycles. The Morgan fingerprint density at radius 1 is 1.40 bits per heavy atom. The lowest BCUT2D eigenvalue weighted by molar-refractivity contribution is -0.122. The molecule has 3 rings (SSSR count). The zero-order chi connectivity index (χ0) is 13.9. The second-order valence-electron chi connectivity index (χ2n) is 4.65. The van der Waals surface area contributed by atoms with Crippen molar-refractivity contribution in [1.29, 1.82) is 0 Å². The van der Waals surface area contributed by atoms with Crippen molar-refractivity contribution in [2.45, 2.75) is 12.6 Å². The third-order valence-electron chi connectivity index (χ3n) is 3.32. The average Bonchev–Trinajstić information content (AvgIpc) is 3.06. The Balaban J connectivity index is 1.55. The first-order valence-electron chi connectivity index (χ1n) is 6.49. The molecule has 0 bridgehead atoms. The van der Waals surface area contributed by atoms with E-state index < -0.39 is 12.1 Å². The van der Waals surface area contributed by atoms with Crippen molar-refractivity contribution in [3.63, 3.8) is 0 Å². The Hall–Kier alpha value is -2.50. The number of nitrogens with one attached hydrogen (secondary N) is 2. The molecule has 2 heterocycles. The first-order chi connectivity index (χ1) is 9.74. The number of ether oxygens (including phenoxy) is 1. The summed E-state index contributed by atoms with van der Waals surface area (Å²) in [6, 6.07) is 9.55. The van der Waals surface area contributed by atoms with Crippen LogP contribution in [0.4, 0.5) is 4.79 Å². The second-order valence-corrected chi connectivity index (χ2v) is 4.65. The van der Waals surface area contributed by atoms with Gasteiger partial charge in [0.25, 0.3) is 0 Å². The van der Waals surface area contributed by atoms with E-state index in [1.165, 1.54) is 5.39 Å². The van der Waals surface area contributed by atoms with Gasteiger partial charge in [0.05, 0.1) is 0 Å². The quantitative estimate of drug-likeness (QED) is 0.868. The molecule has 1 aliphatic heterocycles. The van der Waals surface area contributed by atoms with E-state index in [4.69, 9.17) is 0 Å². The molecular formula is C14H15N3O3. The van der Waals surface area contributed by atoms with E-state index in [0.29, 0.717) is 13.1 Å². The van der Waals surface area contributed by atoms with Crippen LogP contribution < -0.4 is 10.6 Å². The number of rotatable bonds is 4. The Kier molecular flexibility index (Phi) is 3.28. The summed E-state index contributed by atoms with van der Waals surface area (Å²) in [5, 5.41) is 6.42. The molecule has 2 amide bonds. The molecule has 1 aliphatic rings. The smallest absolute Gasteiger partial charge is 0.407 e. The Bertz CT molecular complexity index is 650. The summed E-state index contributed by atoms with van der Waals surface area (Å²) >= 11 is 0. The maximum atomic E-state index is 11.8. The van der Waals surface area contributed by atoms with Crippen molar-refractivity contribution in [2.75, 3.05) is 13.2 Å². The third kappa shape index (κ3) is 2.45. The van der Waals surface area contributed by atoms with Crippen LogP contribution in [0.1, 0.15) is 0 Å². The van der Waals surface area contributed by atoms with Gasteiger partial charge in [0, 0.05) is 24.8 Å². The molecular weight excluding hydrogens is 258 g/mol. The summed E-state index contributed by atoms with van der Waals surface area (Å²) < 4.78 is 6.76. The molecule has 0 saturated carbocycles. The van der Waals surface area contributed by atoms with E-state index >= 15 is 0 Å². The number of benzene rings is 1. The van der Waals surface area contributed by atoms with Gasteiger partial charge in [-0.3, -0.25) is 4.79 Å². The van der Waals surface area contributed by atoms with Crippen molar-refractivity contribution >= 4 is 22.9 Å². The number of cyclic esters (lactones) is 1. The predicted octanol–water partition coefficient (Wildman–Crippen LogP) is 0.866. The van der Waals surface area contributed by atoms with Crippen LogP contribution in [-0.4, -0.2) is 35.8 Å². The fraction of sp³-hybridized carbons (Fsp3) is 0.286. The molecule has 0 spiro atoms.